The van der Waals surface area contributed by atoms with Crippen LogP contribution in [0.4, 0.5) is 5.69 Å². The van der Waals surface area contributed by atoms with E-state index in [2.05, 4.69) is 5.32 Å². The van der Waals surface area contributed by atoms with Crippen LogP contribution in [0.3, 0.4) is 0 Å². The molecule has 1 rings (SSSR count). The predicted octanol–water partition coefficient (Wildman–Crippen LogP) is 1.19. The van der Waals surface area contributed by atoms with E-state index in [1.807, 2.05) is 31.3 Å². The molecule has 1 aromatic rings. The van der Waals surface area contributed by atoms with Crippen LogP contribution >= 0.6 is 0 Å². The molecule has 0 aliphatic carbocycles. The lowest BCUT2D eigenvalue weighted by molar-refractivity contribution is 1.07. The minimum atomic E-state index is 0.607. The number of hydrogen-bond donors (Lipinski definition) is 2. The maximum absolute atomic E-state index is 5.45. The normalized spacial score (nSPS) is 9.40. The summed E-state index contributed by atoms with van der Waals surface area (Å²) >= 11 is 0. The van der Waals surface area contributed by atoms with E-state index in [1.54, 1.807) is 0 Å². The fourth-order valence-electron chi connectivity index (χ4n) is 0.854. The molecule has 0 fully saturated rings. The molecule has 0 amide bonds. The molecule has 2 nitrogen and oxygen atoms in total. The van der Waals surface area contributed by atoms with E-state index in [9.17, 15) is 0 Å². The van der Waals surface area contributed by atoms with Crippen LogP contribution in [0.25, 0.3) is 0 Å². The van der Waals surface area contributed by atoms with Crippen molar-refractivity contribution in [3.05, 3.63) is 29.8 Å². The highest BCUT2D eigenvalue weighted by molar-refractivity contribution is 5.44. The van der Waals surface area contributed by atoms with Crippen molar-refractivity contribution in [1.82, 2.24) is 0 Å². The first-order chi connectivity index (χ1) is 4.86. The zero-order chi connectivity index (χ0) is 7.40. The lowest BCUT2D eigenvalue weighted by Gasteiger charge is -2.00. The summed E-state index contributed by atoms with van der Waals surface area (Å²) in [6.45, 7) is 0.607. The molecule has 0 aliphatic rings. The van der Waals surface area contributed by atoms with Gasteiger partial charge >= 0.3 is 0 Å². The number of nitrogens with two attached hydrogens (primary N) is 1. The molecule has 0 radical (unpaired) electrons. The molecule has 0 saturated heterocycles. The Labute approximate surface area is 61.1 Å². The standard InChI is InChI=1S/C8H12N2/c1-10-8-4-2-3-7(5-8)6-9/h2-5,10H,6,9H2,1H3. The van der Waals surface area contributed by atoms with Gasteiger partial charge in [0.25, 0.3) is 0 Å². The zero-order valence-corrected chi connectivity index (χ0v) is 6.09. The summed E-state index contributed by atoms with van der Waals surface area (Å²) in [6.07, 6.45) is 0. The number of anilines is 1. The molecule has 0 atom stereocenters. The predicted molar refractivity (Wildman–Crippen MR) is 43.9 cm³/mol. The molecule has 1 aromatic carbocycles. The highest BCUT2D eigenvalue weighted by Gasteiger charge is 1.89. The Morgan fingerprint density at radius 1 is 1.50 bits per heavy atom. The molecule has 54 valence electrons. The number of hydrogen-bond acceptors (Lipinski definition) is 2. The Kier molecular flexibility index (Phi) is 2.29. The second-order valence-electron chi connectivity index (χ2n) is 2.15. The molecule has 2 heteroatoms. The van der Waals surface area contributed by atoms with Crippen LogP contribution in [0, 0.1) is 0 Å². The van der Waals surface area contributed by atoms with E-state index in [0.717, 1.165) is 11.3 Å². The SMILES string of the molecule is CNc1cccc(CN)c1. The third kappa shape index (κ3) is 1.48. The first kappa shape index (κ1) is 7.09. The van der Waals surface area contributed by atoms with E-state index < -0.39 is 0 Å². The third-order valence-corrected chi connectivity index (χ3v) is 1.45. The van der Waals surface area contributed by atoms with Gasteiger partial charge in [0.05, 0.1) is 0 Å². The van der Waals surface area contributed by atoms with Crippen molar-refractivity contribution in [3.63, 3.8) is 0 Å². The first-order valence-corrected chi connectivity index (χ1v) is 3.33. The molecule has 0 spiro atoms. The van der Waals surface area contributed by atoms with Crippen molar-refractivity contribution in [3.8, 4) is 0 Å². The minimum absolute atomic E-state index is 0.607. The van der Waals surface area contributed by atoms with Gasteiger partial charge in [0.2, 0.25) is 0 Å². The topological polar surface area (TPSA) is 38.0 Å². The molecule has 0 saturated carbocycles. The van der Waals surface area contributed by atoms with Gasteiger partial charge in [-0.05, 0) is 17.7 Å². The number of benzene rings is 1. The second kappa shape index (κ2) is 3.22. The summed E-state index contributed by atoms with van der Waals surface area (Å²) in [5.41, 5.74) is 7.72. The van der Waals surface area contributed by atoms with Crippen LogP contribution in [0.2, 0.25) is 0 Å². The van der Waals surface area contributed by atoms with Gasteiger partial charge in [0.1, 0.15) is 0 Å². The van der Waals surface area contributed by atoms with Gasteiger partial charge in [-0.3, -0.25) is 0 Å². The van der Waals surface area contributed by atoms with Crippen LogP contribution < -0.4 is 11.1 Å². The Hall–Kier alpha value is -1.02. The van der Waals surface area contributed by atoms with Gasteiger partial charge in [-0.15, -0.1) is 0 Å². The number of nitrogens with one attached hydrogen (secondary N) is 1. The van der Waals surface area contributed by atoms with Crippen molar-refractivity contribution >= 4 is 5.69 Å². The van der Waals surface area contributed by atoms with E-state index >= 15 is 0 Å². The summed E-state index contributed by atoms with van der Waals surface area (Å²) in [7, 11) is 1.90. The van der Waals surface area contributed by atoms with E-state index in [1.165, 1.54) is 0 Å². The Morgan fingerprint density at radius 3 is 2.90 bits per heavy atom. The van der Waals surface area contributed by atoms with Gasteiger partial charge in [-0.25, -0.2) is 0 Å². The average Bonchev–Trinajstić information content (AvgIpc) is 2.05. The maximum atomic E-state index is 5.45. The number of rotatable bonds is 2. The molecular formula is C8H12N2. The van der Waals surface area contributed by atoms with E-state index in [4.69, 9.17) is 5.73 Å². The smallest absolute Gasteiger partial charge is 0.0340 e. The molecule has 0 heterocycles. The summed E-state index contributed by atoms with van der Waals surface area (Å²) in [5.74, 6) is 0. The molecule has 0 aliphatic heterocycles. The van der Waals surface area contributed by atoms with Gasteiger partial charge in [0, 0.05) is 19.3 Å². The van der Waals surface area contributed by atoms with E-state index in [0.29, 0.717) is 6.54 Å². The summed E-state index contributed by atoms with van der Waals surface area (Å²) in [5, 5.41) is 3.05. The fourth-order valence-corrected chi connectivity index (χ4v) is 0.854. The summed E-state index contributed by atoms with van der Waals surface area (Å²) < 4.78 is 0. The van der Waals surface area contributed by atoms with E-state index in [-0.39, 0.29) is 0 Å². The lowest BCUT2D eigenvalue weighted by Crippen LogP contribution is -1.96. The quantitative estimate of drug-likeness (QED) is 0.640. The fraction of sp³-hybridized carbons (Fsp3) is 0.250. The molecule has 0 aromatic heterocycles. The molecule has 0 bridgehead atoms. The largest absolute Gasteiger partial charge is 0.388 e. The van der Waals surface area contributed by atoms with Crippen LogP contribution in [0.15, 0.2) is 24.3 Å². The highest BCUT2D eigenvalue weighted by atomic mass is 14.8. The van der Waals surface area contributed by atoms with Gasteiger partial charge in [-0.2, -0.15) is 0 Å². The van der Waals surface area contributed by atoms with Crippen molar-refractivity contribution in [2.75, 3.05) is 12.4 Å². The van der Waals surface area contributed by atoms with Crippen molar-refractivity contribution in [2.45, 2.75) is 6.54 Å². The Balaban J connectivity index is 2.87. The minimum Gasteiger partial charge on any atom is -0.388 e. The molecule has 10 heavy (non-hydrogen) atoms. The maximum Gasteiger partial charge on any atom is 0.0340 e. The first-order valence-electron chi connectivity index (χ1n) is 3.33. The monoisotopic (exact) mass is 136 g/mol. The zero-order valence-electron chi connectivity index (χ0n) is 6.09. The third-order valence-electron chi connectivity index (χ3n) is 1.45. The van der Waals surface area contributed by atoms with Crippen LogP contribution in [0.1, 0.15) is 5.56 Å². The summed E-state index contributed by atoms with van der Waals surface area (Å²) in [6, 6.07) is 8.06. The molecule has 0 unspecified atom stereocenters. The van der Waals surface area contributed by atoms with Crippen molar-refractivity contribution in [2.24, 2.45) is 5.73 Å². The van der Waals surface area contributed by atoms with Gasteiger partial charge < -0.3 is 11.1 Å². The lowest BCUT2D eigenvalue weighted by atomic mass is 10.2. The Morgan fingerprint density at radius 2 is 2.30 bits per heavy atom. The Bertz CT molecular complexity index is 189. The van der Waals surface area contributed by atoms with Crippen LogP contribution in [-0.2, 0) is 6.54 Å². The molecular weight excluding hydrogens is 124 g/mol. The second-order valence-corrected chi connectivity index (χ2v) is 2.15. The average molecular weight is 136 g/mol. The van der Waals surface area contributed by atoms with Crippen LogP contribution in [-0.4, -0.2) is 7.05 Å². The van der Waals surface area contributed by atoms with Crippen LogP contribution in [0.5, 0.6) is 0 Å². The van der Waals surface area contributed by atoms with Crippen molar-refractivity contribution in [1.29, 1.82) is 0 Å². The van der Waals surface area contributed by atoms with Crippen molar-refractivity contribution < 1.29 is 0 Å². The van der Waals surface area contributed by atoms with Gasteiger partial charge in [0.15, 0.2) is 0 Å². The summed E-state index contributed by atoms with van der Waals surface area (Å²) in [4.78, 5) is 0. The molecule has 3 N–H and O–H groups in total. The van der Waals surface area contributed by atoms with Gasteiger partial charge in [-0.1, -0.05) is 12.1 Å². The highest BCUT2D eigenvalue weighted by Crippen LogP contribution is 2.08.